The molecule has 3 aromatic carbocycles. The van der Waals surface area contributed by atoms with Crippen LogP contribution in [0.3, 0.4) is 0 Å². The van der Waals surface area contributed by atoms with Gasteiger partial charge in [0.1, 0.15) is 5.37 Å². The average molecular weight is 501 g/mol. The van der Waals surface area contributed by atoms with E-state index in [1.807, 2.05) is 53.4 Å². The quantitative estimate of drug-likeness (QED) is 0.287. The zero-order chi connectivity index (χ0) is 25.5. The summed E-state index contributed by atoms with van der Waals surface area (Å²) in [5.74, 6) is 0.867. The fourth-order valence-electron chi connectivity index (χ4n) is 4.52. The lowest BCUT2D eigenvalue weighted by Gasteiger charge is -2.25. The van der Waals surface area contributed by atoms with Crippen LogP contribution >= 0.6 is 11.8 Å². The Morgan fingerprint density at radius 2 is 1.75 bits per heavy atom. The van der Waals surface area contributed by atoms with Gasteiger partial charge in [0.25, 0.3) is 5.91 Å². The van der Waals surface area contributed by atoms with Crippen molar-refractivity contribution in [2.24, 2.45) is 0 Å². The number of hydrogen-bond acceptors (Lipinski definition) is 3. The molecule has 188 valence electrons. The van der Waals surface area contributed by atoms with Crippen molar-refractivity contribution in [3.8, 4) is 0 Å². The summed E-state index contributed by atoms with van der Waals surface area (Å²) >= 11 is 1.62. The first-order chi connectivity index (χ1) is 17.5. The summed E-state index contributed by atoms with van der Waals surface area (Å²) in [5, 5.41) is 2.92. The van der Waals surface area contributed by atoms with Crippen LogP contribution in [-0.2, 0) is 11.2 Å². The van der Waals surface area contributed by atoms with Crippen molar-refractivity contribution in [2.45, 2.75) is 64.2 Å². The summed E-state index contributed by atoms with van der Waals surface area (Å²) in [6, 6.07) is 24.0. The van der Waals surface area contributed by atoms with Crippen molar-refractivity contribution in [1.29, 1.82) is 0 Å². The summed E-state index contributed by atoms with van der Waals surface area (Å²) in [7, 11) is 0. The van der Waals surface area contributed by atoms with Crippen molar-refractivity contribution >= 4 is 35.0 Å². The molecule has 1 N–H and O–H groups in total. The van der Waals surface area contributed by atoms with Gasteiger partial charge in [0, 0.05) is 16.9 Å². The highest BCUT2D eigenvalue weighted by atomic mass is 32.2. The number of aryl methyl sites for hydroxylation is 1. The predicted molar refractivity (Wildman–Crippen MR) is 152 cm³/mol. The number of anilines is 2. The molecular weight excluding hydrogens is 464 g/mol. The number of nitrogens with one attached hydrogen (secondary N) is 1. The van der Waals surface area contributed by atoms with Crippen molar-refractivity contribution in [2.75, 3.05) is 16.0 Å². The summed E-state index contributed by atoms with van der Waals surface area (Å²) < 4.78 is 0. The van der Waals surface area contributed by atoms with Gasteiger partial charge in [-0.15, -0.1) is 11.8 Å². The minimum Gasteiger partial charge on any atom is -0.322 e. The van der Waals surface area contributed by atoms with Crippen molar-refractivity contribution in [1.82, 2.24) is 0 Å². The molecule has 0 aliphatic carbocycles. The highest BCUT2D eigenvalue weighted by Crippen LogP contribution is 2.42. The molecule has 4 nitrogen and oxygen atoms in total. The van der Waals surface area contributed by atoms with Crippen LogP contribution in [0.1, 0.15) is 84.8 Å². The molecule has 3 aromatic rings. The van der Waals surface area contributed by atoms with Crippen molar-refractivity contribution in [3.63, 3.8) is 0 Å². The lowest BCUT2D eigenvalue weighted by molar-refractivity contribution is -0.115. The molecule has 1 atom stereocenters. The Labute approximate surface area is 219 Å². The van der Waals surface area contributed by atoms with Crippen LogP contribution in [0.15, 0.2) is 72.8 Å². The fraction of sp³-hybridized carbons (Fsp3) is 0.355. The zero-order valence-electron chi connectivity index (χ0n) is 21.5. The monoisotopic (exact) mass is 500 g/mol. The first kappa shape index (κ1) is 26.0. The summed E-state index contributed by atoms with van der Waals surface area (Å²) in [5.41, 5.74) is 5.81. The normalized spacial score (nSPS) is 15.5. The molecule has 36 heavy (non-hydrogen) atoms. The molecule has 0 aromatic heterocycles. The molecule has 0 bridgehead atoms. The molecule has 1 aliphatic heterocycles. The molecule has 1 saturated heterocycles. The van der Waals surface area contributed by atoms with Gasteiger partial charge in [-0.05, 0) is 71.8 Å². The van der Waals surface area contributed by atoms with Crippen LogP contribution in [-0.4, -0.2) is 17.6 Å². The van der Waals surface area contributed by atoms with E-state index in [0.717, 1.165) is 23.4 Å². The van der Waals surface area contributed by atoms with Crippen LogP contribution in [0.4, 0.5) is 11.4 Å². The maximum absolute atomic E-state index is 12.9. The van der Waals surface area contributed by atoms with E-state index in [1.165, 1.54) is 36.8 Å². The Balaban J connectivity index is 1.44. The number of thioether (sulfide) groups is 1. The van der Waals surface area contributed by atoms with E-state index in [9.17, 15) is 9.59 Å². The number of unbranched alkanes of at least 4 members (excludes halogenated alkanes) is 3. The van der Waals surface area contributed by atoms with E-state index in [1.54, 1.807) is 11.8 Å². The largest absolute Gasteiger partial charge is 0.322 e. The topological polar surface area (TPSA) is 49.4 Å². The third kappa shape index (κ3) is 6.38. The first-order valence-electron chi connectivity index (χ1n) is 13.0. The number of carbonyl (C=O) groups is 2. The molecule has 1 fully saturated rings. The third-order valence-electron chi connectivity index (χ3n) is 6.67. The first-order valence-corrected chi connectivity index (χ1v) is 14.0. The average Bonchev–Trinajstić information content (AvgIpc) is 3.28. The Morgan fingerprint density at radius 3 is 2.44 bits per heavy atom. The molecule has 1 aliphatic rings. The van der Waals surface area contributed by atoms with Crippen LogP contribution in [0, 0.1) is 0 Å². The second kappa shape index (κ2) is 12.3. The van der Waals surface area contributed by atoms with Gasteiger partial charge < -0.3 is 5.32 Å². The van der Waals surface area contributed by atoms with Gasteiger partial charge in [-0.2, -0.15) is 0 Å². The van der Waals surface area contributed by atoms with Gasteiger partial charge in [0.05, 0.1) is 5.75 Å². The van der Waals surface area contributed by atoms with Gasteiger partial charge in [-0.3, -0.25) is 14.5 Å². The van der Waals surface area contributed by atoms with Gasteiger partial charge in [-0.1, -0.05) is 76.4 Å². The van der Waals surface area contributed by atoms with Gasteiger partial charge >= 0.3 is 0 Å². The van der Waals surface area contributed by atoms with Gasteiger partial charge in [0.15, 0.2) is 0 Å². The highest BCUT2D eigenvalue weighted by Gasteiger charge is 2.34. The Bertz CT molecular complexity index is 1170. The minimum absolute atomic E-state index is 0.103. The fourth-order valence-corrected chi connectivity index (χ4v) is 5.69. The molecule has 0 radical (unpaired) electrons. The van der Waals surface area contributed by atoms with Crippen molar-refractivity contribution in [3.05, 3.63) is 95.1 Å². The summed E-state index contributed by atoms with van der Waals surface area (Å²) in [6.45, 7) is 6.55. The highest BCUT2D eigenvalue weighted by molar-refractivity contribution is 8.00. The predicted octanol–water partition coefficient (Wildman–Crippen LogP) is 7.96. The zero-order valence-corrected chi connectivity index (χ0v) is 22.3. The van der Waals surface area contributed by atoms with E-state index in [2.05, 4.69) is 50.4 Å². The van der Waals surface area contributed by atoms with E-state index in [0.29, 0.717) is 17.2 Å². The number of nitrogens with zero attached hydrogens (tertiary/aromatic N) is 1. The third-order valence-corrected chi connectivity index (χ3v) is 7.88. The van der Waals surface area contributed by atoms with Gasteiger partial charge in [0.2, 0.25) is 5.91 Å². The Kier molecular flexibility index (Phi) is 8.87. The van der Waals surface area contributed by atoms with Crippen LogP contribution in [0.25, 0.3) is 0 Å². The number of amides is 2. The second-order valence-corrected chi connectivity index (χ2v) is 10.8. The molecule has 2 amide bonds. The maximum atomic E-state index is 12.9. The SMILES string of the molecule is CCCCCCc1ccc(C(=O)Nc2cccc([C@H]3SCC(=O)N3c3ccc(C(C)C)cc3)c2)cc1. The Hall–Kier alpha value is -3.05. The molecule has 1 heterocycles. The van der Waals surface area contributed by atoms with Crippen LogP contribution in [0.5, 0.6) is 0 Å². The number of hydrogen-bond donors (Lipinski definition) is 1. The standard InChI is InChI=1S/C31H36N2O2S/c1-4-5-6-7-9-23-12-14-25(15-13-23)30(35)32-27-11-8-10-26(20-27)31-33(29(34)21-36-31)28-18-16-24(17-19-28)22(2)3/h8,10-20,22,31H,4-7,9,21H2,1-3H3,(H,32,35)/t31-/m1/s1. The molecule has 0 spiro atoms. The van der Waals surface area contributed by atoms with E-state index >= 15 is 0 Å². The summed E-state index contributed by atoms with van der Waals surface area (Å²) in [4.78, 5) is 27.6. The van der Waals surface area contributed by atoms with E-state index in [4.69, 9.17) is 0 Å². The molecule has 4 rings (SSSR count). The van der Waals surface area contributed by atoms with E-state index < -0.39 is 0 Å². The number of carbonyl (C=O) groups excluding carboxylic acids is 2. The number of benzene rings is 3. The lowest BCUT2D eigenvalue weighted by Crippen LogP contribution is -2.27. The van der Waals surface area contributed by atoms with E-state index in [-0.39, 0.29) is 17.2 Å². The smallest absolute Gasteiger partial charge is 0.255 e. The summed E-state index contributed by atoms with van der Waals surface area (Å²) in [6.07, 6.45) is 6.00. The minimum atomic E-state index is -0.124. The molecular formula is C31H36N2O2S. The second-order valence-electron chi connectivity index (χ2n) is 9.76. The molecule has 0 saturated carbocycles. The van der Waals surface area contributed by atoms with Crippen molar-refractivity contribution < 1.29 is 9.59 Å². The maximum Gasteiger partial charge on any atom is 0.255 e. The number of rotatable bonds is 10. The molecule has 0 unspecified atom stereocenters. The van der Waals surface area contributed by atoms with Crippen LogP contribution < -0.4 is 10.2 Å². The molecule has 5 heteroatoms. The Morgan fingerprint density at radius 1 is 1.00 bits per heavy atom. The van der Waals surface area contributed by atoms with Gasteiger partial charge in [-0.25, -0.2) is 0 Å². The lowest BCUT2D eigenvalue weighted by atomic mass is 10.0. The van der Waals surface area contributed by atoms with Crippen LogP contribution in [0.2, 0.25) is 0 Å².